The fraction of sp³-hybridized carbons (Fsp3) is 0.348. The summed E-state index contributed by atoms with van der Waals surface area (Å²) in [7, 11) is -3.58. The van der Waals surface area contributed by atoms with Gasteiger partial charge in [-0.2, -0.15) is 4.31 Å². The molecule has 2 heterocycles. The van der Waals surface area contributed by atoms with Crippen LogP contribution in [-0.4, -0.2) is 52.2 Å². The Labute approximate surface area is 202 Å². The molecule has 1 fully saturated rings. The van der Waals surface area contributed by atoms with Crippen LogP contribution in [0.4, 0.5) is 10.1 Å². The van der Waals surface area contributed by atoms with E-state index in [1.54, 1.807) is 30.3 Å². The molecule has 1 amide bonds. The van der Waals surface area contributed by atoms with Crippen LogP contribution in [0.1, 0.15) is 31.5 Å². The number of benzene rings is 2. The highest BCUT2D eigenvalue weighted by atomic mass is 32.2. The lowest BCUT2D eigenvalue weighted by Gasteiger charge is -2.31. The average Bonchev–Trinajstić information content (AvgIpc) is 3.28. The van der Waals surface area contributed by atoms with Gasteiger partial charge in [-0.1, -0.05) is 30.0 Å². The molecule has 0 saturated carbocycles. The van der Waals surface area contributed by atoms with Gasteiger partial charge in [0.1, 0.15) is 11.6 Å². The van der Waals surface area contributed by atoms with Gasteiger partial charge in [0.25, 0.3) is 0 Å². The molecule has 2 aromatic carbocycles. The molecule has 1 aromatic heterocycles. The van der Waals surface area contributed by atoms with E-state index >= 15 is 0 Å². The van der Waals surface area contributed by atoms with E-state index in [0.29, 0.717) is 30.5 Å². The van der Waals surface area contributed by atoms with Crippen molar-refractivity contribution in [1.82, 2.24) is 19.1 Å². The number of aromatic nitrogens is 3. The maximum atomic E-state index is 13.1. The third-order valence-corrected chi connectivity index (χ3v) is 8.50. The molecule has 0 spiro atoms. The van der Waals surface area contributed by atoms with Crippen molar-refractivity contribution < 1.29 is 17.6 Å². The number of rotatable bonds is 8. The molecule has 180 valence electrons. The fourth-order valence-electron chi connectivity index (χ4n) is 3.98. The highest BCUT2D eigenvalue weighted by molar-refractivity contribution is 7.99. The third kappa shape index (κ3) is 5.48. The standard InChI is InChI=1S/C23H26FN5O3S2/c1-2-29-22(17-7-6-14-28(15-17)34(31,32)20-8-4-3-5-9-20)26-27-23(29)33-16-21(30)25-19-12-10-18(24)11-13-19/h3-5,8-13,17H,2,6-7,14-16H2,1H3,(H,25,30). The van der Waals surface area contributed by atoms with Gasteiger partial charge in [-0.25, -0.2) is 12.8 Å². The zero-order valence-electron chi connectivity index (χ0n) is 18.7. The van der Waals surface area contributed by atoms with Crippen LogP contribution in [0.25, 0.3) is 0 Å². The predicted molar refractivity (Wildman–Crippen MR) is 129 cm³/mol. The summed E-state index contributed by atoms with van der Waals surface area (Å²) in [6.45, 7) is 3.38. The molecule has 8 nitrogen and oxygen atoms in total. The topological polar surface area (TPSA) is 97.2 Å². The first-order chi connectivity index (χ1) is 16.4. The molecule has 11 heteroatoms. The summed E-state index contributed by atoms with van der Waals surface area (Å²) >= 11 is 1.26. The minimum Gasteiger partial charge on any atom is -0.325 e. The predicted octanol–water partition coefficient (Wildman–Crippen LogP) is 3.74. The molecular weight excluding hydrogens is 477 g/mol. The smallest absolute Gasteiger partial charge is 0.243 e. The molecule has 1 aliphatic heterocycles. The number of hydrogen-bond acceptors (Lipinski definition) is 6. The first-order valence-corrected chi connectivity index (χ1v) is 13.5. The highest BCUT2D eigenvalue weighted by Gasteiger charge is 2.33. The minimum atomic E-state index is -3.58. The lowest BCUT2D eigenvalue weighted by atomic mass is 9.99. The minimum absolute atomic E-state index is 0.0814. The summed E-state index contributed by atoms with van der Waals surface area (Å²) in [5.41, 5.74) is 0.520. The van der Waals surface area contributed by atoms with Crippen molar-refractivity contribution in [3.05, 3.63) is 66.2 Å². The quantitative estimate of drug-likeness (QED) is 0.471. The largest absolute Gasteiger partial charge is 0.325 e. The summed E-state index contributed by atoms with van der Waals surface area (Å²) in [4.78, 5) is 12.6. The maximum absolute atomic E-state index is 13.1. The van der Waals surface area contributed by atoms with Crippen LogP contribution in [0.5, 0.6) is 0 Å². The zero-order valence-corrected chi connectivity index (χ0v) is 20.4. The van der Waals surface area contributed by atoms with E-state index in [0.717, 1.165) is 18.7 Å². The molecule has 4 rings (SSSR count). The normalized spacial score (nSPS) is 16.9. The number of hydrogen-bond donors (Lipinski definition) is 1. The van der Waals surface area contributed by atoms with Crippen molar-refractivity contribution in [2.45, 2.75) is 42.3 Å². The number of carbonyl (C=O) groups excluding carboxylic acids is 1. The Hall–Kier alpha value is -2.76. The number of halogens is 1. The second-order valence-electron chi connectivity index (χ2n) is 7.94. The van der Waals surface area contributed by atoms with Crippen molar-refractivity contribution in [2.75, 3.05) is 24.2 Å². The Bertz CT molecular complexity index is 1230. The van der Waals surface area contributed by atoms with Gasteiger partial charge in [-0.05, 0) is 56.2 Å². The number of piperidine rings is 1. The molecule has 1 N–H and O–H groups in total. The van der Waals surface area contributed by atoms with Gasteiger partial charge >= 0.3 is 0 Å². The lowest BCUT2D eigenvalue weighted by Crippen LogP contribution is -2.39. The number of anilines is 1. The molecule has 0 radical (unpaired) electrons. The van der Waals surface area contributed by atoms with Gasteiger partial charge in [-0.3, -0.25) is 4.79 Å². The molecule has 34 heavy (non-hydrogen) atoms. The monoisotopic (exact) mass is 503 g/mol. The van der Waals surface area contributed by atoms with Crippen LogP contribution in [0, 0.1) is 5.82 Å². The Kier molecular flexibility index (Phi) is 7.64. The number of nitrogens with zero attached hydrogens (tertiary/aromatic N) is 4. The Morgan fingerprint density at radius 3 is 2.59 bits per heavy atom. The van der Waals surface area contributed by atoms with Gasteiger partial charge in [0, 0.05) is 31.2 Å². The third-order valence-electron chi connectivity index (χ3n) is 5.65. The molecule has 1 atom stereocenters. The summed E-state index contributed by atoms with van der Waals surface area (Å²) in [5, 5.41) is 12.0. The Morgan fingerprint density at radius 1 is 1.15 bits per heavy atom. The first kappa shape index (κ1) is 24.4. The number of sulfonamides is 1. The van der Waals surface area contributed by atoms with Gasteiger partial charge < -0.3 is 9.88 Å². The molecule has 1 aliphatic rings. The van der Waals surface area contributed by atoms with Crippen LogP contribution in [0.3, 0.4) is 0 Å². The van der Waals surface area contributed by atoms with Gasteiger partial charge in [-0.15, -0.1) is 10.2 Å². The van der Waals surface area contributed by atoms with Crippen molar-refractivity contribution in [2.24, 2.45) is 0 Å². The summed E-state index contributed by atoms with van der Waals surface area (Å²) in [5.74, 6) is 0.170. The van der Waals surface area contributed by atoms with E-state index in [-0.39, 0.29) is 28.3 Å². The van der Waals surface area contributed by atoms with E-state index in [2.05, 4.69) is 15.5 Å². The van der Waals surface area contributed by atoms with E-state index in [4.69, 9.17) is 0 Å². The summed E-state index contributed by atoms with van der Waals surface area (Å²) < 4.78 is 42.7. The number of nitrogens with one attached hydrogen (secondary N) is 1. The molecule has 0 aliphatic carbocycles. The number of amides is 1. The lowest BCUT2D eigenvalue weighted by molar-refractivity contribution is -0.113. The molecule has 1 unspecified atom stereocenters. The average molecular weight is 504 g/mol. The highest BCUT2D eigenvalue weighted by Crippen LogP contribution is 2.31. The van der Waals surface area contributed by atoms with Crippen LogP contribution < -0.4 is 5.32 Å². The summed E-state index contributed by atoms with van der Waals surface area (Å²) in [6, 6.07) is 14.0. The van der Waals surface area contributed by atoms with Gasteiger partial charge in [0.05, 0.1) is 10.6 Å². The molecule has 0 bridgehead atoms. The number of carbonyl (C=O) groups is 1. The molecule has 3 aromatic rings. The van der Waals surface area contributed by atoms with Gasteiger partial charge in [0.15, 0.2) is 5.16 Å². The van der Waals surface area contributed by atoms with Crippen molar-refractivity contribution in [3.63, 3.8) is 0 Å². The molecular formula is C23H26FN5O3S2. The Morgan fingerprint density at radius 2 is 1.88 bits per heavy atom. The fourth-order valence-corrected chi connectivity index (χ4v) is 6.33. The van der Waals surface area contributed by atoms with E-state index in [1.807, 2.05) is 11.5 Å². The van der Waals surface area contributed by atoms with Crippen LogP contribution in [0.2, 0.25) is 0 Å². The second-order valence-corrected chi connectivity index (χ2v) is 10.8. The van der Waals surface area contributed by atoms with Crippen LogP contribution >= 0.6 is 11.8 Å². The molecule has 1 saturated heterocycles. The van der Waals surface area contributed by atoms with Crippen molar-refractivity contribution in [3.8, 4) is 0 Å². The number of thioether (sulfide) groups is 1. The van der Waals surface area contributed by atoms with Crippen molar-refractivity contribution >= 4 is 33.4 Å². The Balaban J connectivity index is 1.43. The first-order valence-electron chi connectivity index (χ1n) is 11.0. The van der Waals surface area contributed by atoms with E-state index < -0.39 is 10.0 Å². The van der Waals surface area contributed by atoms with Gasteiger partial charge in [0.2, 0.25) is 15.9 Å². The SMILES string of the molecule is CCn1c(SCC(=O)Nc2ccc(F)cc2)nnc1C1CCCN(S(=O)(=O)c2ccccc2)C1. The van der Waals surface area contributed by atoms with E-state index in [9.17, 15) is 17.6 Å². The zero-order chi connectivity index (χ0) is 24.1. The maximum Gasteiger partial charge on any atom is 0.243 e. The summed E-state index contributed by atoms with van der Waals surface area (Å²) in [6.07, 6.45) is 1.55. The van der Waals surface area contributed by atoms with Crippen LogP contribution in [0.15, 0.2) is 64.6 Å². The van der Waals surface area contributed by atoms with Crippen LogP contribution in [-0.2, 0) is 21.4 Å². The van der Waals surface area contributed by atoms with E-state index in [1.165, 1.54) is 40.3 Å². The van der Waals surface area contributed by atoms with Crippen molar-refractivity contribution in [1.29, 1.82) is 0 Å². The second kappa shape index (κ2) is 10.7.